The second-order valence-electron chi connectivity index (χ2n) is 17.0. The molecule has 0 aliphatic heterocycles. The van der Waals surface area contributed by atoms with Crippen molar-refractivity contribution in [1.82, 2.24) is 0 Å². The molecule has 0 amide bonds. The highest BCUT2D eigenvalue weighted by molar-refractivity contribution is 5.71. The van der Waals surface area contributed by atoms with E-state index in [1.165, 1.54) is 51.4 Å². The van der Waals surface area contributed by atoms with Gasteiger partial charge >= 0.3 is 17.9 Å². The molecule has 6 heteroatoms. The van der Waals surface area contributed by atoms with E-state index in [0.717, 1.165) is 89.9 Å². The molecule has 0 spiro atoms. The molecular formula is C63H96O6. The number of unbranched alkanes of at least 4 members (excludes halogenated alkanes) is 9. The first kappa shape index (κ1) is 64.0. The highest BCUT2D eigenvalue weighted by atomic mass is 16.6. The van der Waals surface area contributed by atoms with Crippen molar-refractivity contribution in [3.63, 3.8) is 0 Å². The Morgan fingerprint density at radius 1 is 0.304 bits per heavy atom. The molecule has 0 fully saturated rings. The van der Waals surface area contributed by atoms with Crippen molar-refractivity contribution in [3.05, 3.63) is 158 Å². The van der Waals surface area contributed by atoms with Gasteiger partial charge in [0.05, 0.1) is 0 Å². The van der Waals surface area contributed by atoms with Gasteiger partial charge in [0.1, 0.15) is 13.2 Å². The smallest absolute Gasteiger partial charge is 0.306 e. The summed E-state index contributed by atoms with van der Waals surface area (Å²) in [5, 5.41) is 0. The molecule has 0 aliphatic carbocycles. The third kappa shape index (κ3) is 53.8. The number of carbonyl (C=O) groups is 3. The molecule has 384 valence electrons. The molecule has 0 saturated carbocycles. The highest BCUT2D eigenvalue weighted by Crippen LogP contribution is 2.09. The molecule has 6 nitrogen and oxygen atoms in total. The van der Waals surface area contributed by atoms with E-state index in [9.17, 15) is 14.4 Å². The van der Waals surface area contributed by atoms with Gasteiger partial charge in [0.25, 0.3) is 0 Å². The number of carbonyl (C=O) groups excluding carboxylic acids is 3. The molecule has 69 heavy (non-hydrogen) atoms. The average Bonchev–Trinajstić information content (AvgIpc) is 3.35. The summed E-state index contributed by atoms with van der Waals surface area (Å²) in [5.41, 5.74) is 0. The Kier molecular flexibility index (Phi) is 51.6. The lowest BCUT2D eigenvalue weighted by Gasteiger charge is -2.18. The lowest BCUT2D eigenvalue weighted by Crippen LogP contribution is -2.30. The van der Waals surface area contributed by atoms with E-state index in [0.29, 0.717) is 19.3 Å². The van der Waals surface area contributed by atoms with E-state index in [2.05, 4.69) is 179 Å². The first-order chi connectivity index (χ1) is 34.0. The SMILES string of the molecule is CC/C=C\C/C=C\C/C=C\C/C=C\C/C=C\CCCC(=O)OC[C@@H](COC(=O)CCC/C=C\C/C=C\C/C=C\C/C=C\CCCCC)OC(=O)CCC/C=C\C/C=C\C/C=C\C/C=C\CCCCC. The zero-order valence-corrected chi connectivity index (χ0v) is 43.8. The molecule has 0 aromatic heterocycles. The monoisotopic (exact) mass is 949 g/mol. The van der Waals surface area contributed by atoms with Crippen LogP contribution in [0.4, 0.5) is 0 Å². The van der Waals surface area contributed by atoms with Crippen molar-refractivity contribution in [2.45, 2.75) is 207 Å². The van der Waals surface area contributed by atoms with E-state index in [4.69, 9.17) is 14.2 Å². The van der Waals surface area contributed by atoms with Crippen LogP contribution in [0.3, 0.4) is 0 Å². The highest BCUT2D eigenvalue weighted by Gasteiger charge is 2.19. The number of allylic oxidation sites excluding steroid dienone is 26. The van der Waals surface area contributed by atoms with Crippen molar-refractivity contribution >= 4 is 17.9 Å². The fraction of sp³-hybridized carbons (Fsp3) is 0.540. The zero-order valence-electron chi connectivity index (χ0n) is 43.8. The van der Waals surface area contributed by atoms with Crippen molar-refractivity contribution in [2.75, 3.05) is 13.2 Å². The molecule has 0 rings (SSSR count). The summed E-state index contributed by atoms with van der Waals surface area (Å²) >= 11 is 0. The molecule has 0 saturated heterocycles. The van der Waals surface area contributed by atoms with Crippen LogP contribution in [0.15, 0.2) is 158 Å². The van der Waals surface area contributed by atoms with Crippen LogP contribution in [0.1, 0.15) is 201 Å². The fourth-order valence-electron chi connectivity index (χ4n) is 6.46. The number of hydrogen-bond acceptors (Lipinski definition) is 6. The van der Waals surface area contributed by atoms with Gasteiger partial charge in [0.2, 0.25) is 0 Å². The standard InChI is InChI=1S/C63H96O6/c1-4-7-10-13-16-19-22-25-28-31-34-37-40-43-46-49-52-55-61(64)67-58-60(69-63(66)57-54-51-48-45-42-39-36-33-30-27-24-21-18-15-12-9-6-3)59-68-62(65)56-53-50-47-44-41-38-35-32-29-26-23-20-17-14-11-8-5-2/h7,10,16-21,25-30,34-39,43-48,60H,4-6,8-9,11-15,22-24,31-33,40-42,49-59H2,1-3H3/b10-7-,19-16-,20-17-,21-18-,28-25-,29-26-,30-27-,37-34-,38-35-,39-36-,46-43-,47-44-,48-45-/t60-/m0/s1. The Hall–Kier alpha value is -4.97. The maximum atomic E-state index is 12.8. The van der Waals surface area contributed by atoms with Gasteiger partial charge in [-0.15, -0.1) is 0 Å². The molecule has 0 aliphatic rings. The molecule has 0 heterocycles. The topological polar surface area (TPSA) is 78.9 Å². The molecule has 0 aromatic carbocycles. The minimum absolute atomic E-state index is 0.153. The Bertz CT molecular complexity index is 1610. The van der Waals surface area contributed by atoms with Gasteiger partial charge in [0.15, 0.2) is 6.10 Å². The van der Waals surface area contributed by atoms with Crippen LogP contribution >= 0.6 is 0 Å². The normalized spacial score (nSPS) is 13.4. The number of hydrogen-bond donors (Lipinski definition) is 0. The second-order valence-corrected chi connectivity index (χ2v) is 17.0. The van der Waals surface area contributed by atoms with Crippen molar-refractivity contribution < 1.29 is 28.6 Å². The van der Waals surface area contributed by atoms with E-state index >= 15 is 0 Å². The van der Waals surface area contributed by atoms with Crippen LogP contribution in [0.5, 0.6) is 0 Å². The molecule has 0 N–H and O–H groups in total. The lowest BCUT2D eigenvalue weighted by molar-refractivity contribution is -0.166. The Labute approximate surface area is 422 Å². The Morgan fingerprint density at radius 2 is 0.551 bits per heavy atom. The maximum Gasteiger partial charge on any atom is 0.306 e. The summed E-state index contributed by atoms with van der Waals surface area (Å²) in [7, 11) is 0. The molecule has 1 atom stereocenters. The molecule has 0 bridgehead atoms. The lowest BCUT2D eigenvalue weighted by atomic mass is 10.2. The van der Waals surface area contributed by atoms with Crippen LogP contribution in [0.2, 0.25) is 0 Å². The predicted octanol–water partition coefficient (Wildman–Crippen LogP) is 18.2. The summed E-state index contributed by atoms with van der Waals surface area (Å²) in [6.07, 6.45) is 81.0. The van der Waals surface area contributed by atoms with Gasteiger partial charge in [-0.25, -0.2) is 0 Å². The molecule has 0 unspecified atom stereocenters. The van der Waals surface area contributed by atoms with E-state index in [1.54, 1.807) is 0 Å². The minimum atomic E-state index is -0.860. The van der Waals surface area contributed by atoms with E-state index in [-0.39, 0.29) is 44.4 Å². The fourth-order valence-corrected chi connectivity index (χ4v) is 6.46. The molecule has 0 aromatic rings. The molecule has 0 radical (unpaired) electrons. The third-order valence-corrected chi connectivity index (χ3v) is 10.5. The van der Waals surface area contributed by atoms with Crippen molar-refractivity contribution in [1.29, 1.82) is 0 Å². The maximum absolute atomic E-state index is 12.8. The third-order valence-electron chi connectivity index (χ3n) is 10.5. The number of esters is 3. The first-order valence-corrected chi connectivity index (χ1v) is 27.0. The van der Waals surface area contributed by atoms with Gasteiger partial charge in [0, 0.05) is 19.3 Å². The van der Waals surface area contributed by atoms with Crippen molar-refractivity contribution in [3.8, 4) is 0 Å². The zero-order chi connectivity index (χ0) is 50.0. The minimum Gasteiger partial charge on any atom is -0.462 e. The summed E-state index contributed by atoms with van der Waals surface area (Å²) in [5.74, 6) is -1.13. The van der Waals surface area contributed by atoms with Crippen LogP contribution in [-0.2, 0) is 28.6 Å². The van der Waals surface area contributed by atoms with Gasteiger partial charge in [-0.3, -0.25) is 14.4 Å². The van der Waals surface area contributed by atoms with E-state index in [1.807, 2.05) is 0 Å². The van der Waals surface area contributed by atoms with Gasteiger partial charge in [-0.05, 0) is 135 Å². The molecular weight excluding hydrogens is 853 g/mol. The summed E-state index contributed by atoms with van der Waals surface area (Å²) in [4.78, 5) is 38.0. The van der Waals surface area contributed by atoms with E-state index < -0.39 is 12.1 Å². The Morgan fingerprint density at radius 3 is 0.826 bits per heavy atom. The largest absolute Gasteiger partial charge is 0.462 e. The number of rotatable bonds is 46. The van der Waals surface area contributed by atoms with Crippen LogP contribution < -0.4 is 0 Å². The Balaban J connectivity index is 4.69. The van der Waals surface area contributed by atoms with Gasteiger partial charge in [-0.2, -0.15) is 0 Å². The van der Waals surface area contributed by atoms with Crippen molar-refractivity contribution in [2.24, 2.45) is 0 Å². The van der Waals surface area contributed by atoms with Crippen LogP contribution in [0.25, 0.3) is 0 Å². The van der Waals surface area contributed by atoms with Crippen LogP contribution in [0, 0.1) is 0 Å². The summed E-state index contributed by atoms with van der Waals surface area (Å²) in [6, 6.07) is 0. The quantitative estimate of drug-likeness (QED) is 0.0262. The first-order valence-electron chi connectivity index (χ1n) is 27.0. The second kappa shape index (κ2) is 55.6. The van der Waals surface area contributed by atoms with Gasteiger partial charge < -0.3 is 14.2 Å². The average molecular weight is 949 g/mol. The van der Waals surface area contributed by atoms with Crippen LogP contribution in [-0.4, -0.2) is 37.2 Å². The summed E-state index contributed by atoms with van der Waals surface area (Å²) in [6.45, 7) is 6.30. The predicted molar refractivity (Wildman–Crippen MR) is 297 cm³/mol. The van der Waals surface area contributed by atoms with Gasteiger partial charge in [-0.1, -0.05) is 204 Å². The number of ether oxygens (including phenoxy) is 3. The summed E-state index contributed by atoms with van der Waals surface area (Å²) < 4.78 is 16.7.